The molecule has 0 radical (unpaired) electrons. The van der Waals surface area contributed by atoms with Crippen LogP contribution in [-0.2, 0) is 11.3 Å². The standard InChI is InChI=1S/C22H17F2N3O2S/c1-14-6-2-3-8-18(14)29-13-20(28)27(12-16-7-4-5-9-25-16)22-26-21-17(24)10-15(23)11-19(21)30-22/h2-11H,12-13H2,1H3. The van der Waals surface area contributed by atoms with Crippen LogP contribution in [0.25, 0.3) is 10.2 Å². The number of benzene rings is 2. The number of ether oxygens (including phenoxy) is 1. The molecule has 4 aromatic rings. The van der Waals surface area contributed by atoms with Crippen LogP contribution in [0.1, 0.15) is 11.3 Å². The van der Waals surface area contributed by atoms with E-state index in [1.54, 1.807) is 24.4 Å². The van der Waals surface area contributed by atoms with E-state index < -0.39 is 11.6 Å². The lowest BCUT2D eigenvalue weighted by atomic mass is 10.2. The van der Waals surface area contributed by atoms with Crippen LogP contribution in [0.4, 0.5) is 13.9 Å². The maximum absolute atomic E-state index is 14.1. The number of fused-ring (bicyclic) bond motifs is 1. The molecule has 2 heterocycles. The maximum atomic E-state index is 14.1. The summed E-state index contributed by atoms with van der Waals surface area (Å²) in [6, 6.07) is 14.7. The molecule has 0 atom stereocenters. The number of rotatable bonds is 6. The Labute approximate surface area is 175 Å². The summed E-state index contributed by atoms with van der Waals surface area (Å²) in [4.78, 5) is 22.9. The number of aryl methyl sites for hydroxylation is 1. The number of halogens is 2. The lowest BCUT2D eigenvalue weighted by molar-refractivity contribution is -0.120. The molecule has 0 unspecified atom stereocenters. The fraction of sp³-hybridized carbons (Fsp3) is 0.136. The molecule has 2 aromatic heterocycles. The maximum Gasteiger partial charge on any atom is 0.267 e. The average Bonchev–Trinajstić information content (AvgIpc) is 3.16. The predicted molar refractivity (Wildman–Crippen MR) is 112 cm³/mol. The number of aromatic nitrogens is 2. The Hall–Kier alpha value is -3.39. The van der Waals surface area contributed by atoms with E-state index in [4.69, 9.17) is 4.74 Å². The van der Waals surface area contributed by atoms with Gasteiger partial charge in [-0.2, -0.15) is 0 Å². The number of hydrogen-bond donors (Lipinski definition) is 0. The molecule has 30 heavy (non-hydrogen) atoms. The molecule has 0 bridgehead atoms. The lowest BCUT2D eigenvalue weighted by Gasteiger charge is -2.20. The molecular formula is C22H17F2N3O2S. The van der Waals surface area contributed by atoms with Gasteiger partial charge in [-0.05, 0) is 36.8 Å². The van der Waals surface area contributed by atoms with Crippen LogP contribution in [-0.4, -0.2) is 22.5 Å². The second-order valence-electron chi connectivity index (χ2n) is 6.59. The van der Waals surface area contributed by atoms with Gasteiger partial charge in [-0.3, -0.25) is 14.7 Å². The van der Waals surface area contributed by atoms with E-state index in [0.717, 1.165) is 23.0 Å². The number of pyridine rings is 1. The van der Waals surface area contributed by atoms with Crippen molar-refractivity contribution in [2.24, 2.45) is 0 Å². The van der Waals surface area contributed by atoms with Gasteiger partial charge in [0.2, 0.25) is 0 Å². The van der Waals surface area contributed by atoms with Crippen LogP contribution in [0.3, 0.4) is 0 Å². The summed E-state index contributed by atoms with van der Waals surface area (Å²) < 4.78 is 33.7. The Morgan fingerprint density at radius 1 is 1.13 bits per heavy atom. The zero-order valence-electron chi connectivity index (χ0n) is 16.0. The second kappa shape index (κ2) is 8.54. The molecule has 0 saturated carbocycles. The quantitative estimate of drug-likeness (QED) is 0.441. The smallest absolute Gasteiger partial charge is 0.267 e. The molecule has 0 aliphatic rings. The zero-order valence-corrected chi connectivity index (χ0v) is 16.8. The molecule has 8 heteroatoms. The molecule has 0 fully saturated rings. The van der Waals surface area contributed by atoms with Gasteiger partial charge in [0.1, 0.15) is 17.1 Å². The highest BCUT2D eigenvalue weighted by molar-refractivity contribution is 7.22. The third-order valence-electron chi connectivity index (χ3n) is 4.42. The molecule has 4 rings (SSSR count). The highest BCUT2D eigenvalue weighted by atomic mass is 32.1. The van der Waals surface area contributed by atoms with Crippen LogP contribution in [0.15, 0.2) is 60.8 Å². The summed E-state index contributed by atoms with van der Waals surface area (Å²) in [5.41, 5.74) is 1.56. The van der Waals surface area contributed by atoms with Crippen molar-refractivity contribution in [2.45, 2.75) is 13.5 Å². The van der Waals surface area contributed by atoms with Gasteiger partial charge in [0, 0.05) is 12.3 Å². The van der Waals surface area contributed by atoms with Gasteiger partial charge < -0.3 is 4.74 Å². The summed E-state index contributed by atoms with van der Waals surface area (Å²) in [6.45, 7) is 1.78. The van der Waals surface area contributed by atoms with Gasteiger partial charge in [-0.15, -0.1) is 0 Å². The van der Waals surface area contributed by atoms with E-state index in [2.05, 4.69) is 9.97 Å². The Morgan fingerprint density at radius 3 is 2.70 bits per heavy atom. The van der Waals surface area contributed by atoms with E-state index in [9.17, 15) is 13.6 Å². The molecule has 0 spiro atoms. The summed E-state index contributed by atoms with van der Waals surface area (Å²) >= 11 is 1.04. The molecule has 1 amide bonds. The molecule has 5 nitrogen and oxygen atoms in total. The summed E-state index contributed by atoms with van der Waals surface area (Å²) in [6.07, 6.45) is 1.62. The van der Waals surface area contributed by atoms with Gasteiger partial charge in [0.25, 0.3) is 5.91 Å². The average molecular weight is 425 g/mol. The van der Waals surface area contributed by atoms with Gasteiger partial charge in [-0.25, -0.2) is 13.8 Å². The molecule has 0 N–H and O–H groups in total. The SMILES string of the molecule is Cc1ccccc1OCC(=O)N(Cc1ccccn1)c1nc2c(F)cc(F)cc2s1. The minimum absolute atomic E-state index is 0.0232. The number of thiazole rings is 1. The largest absolute Gasteiger partial charge is 0.483 e. The van der Waals surface area contributed by atoms with Crippen LogP contribution < -0.4 is 9.64 Å². The van der Waals surface area contributed by atoms with Crippen molar-refractivity contribution in [3.8, 4) is 5.75 Å². The predicted octanol–water partition coefficient (Wildman–Crippen LogP) is 4.89. The molecule has 0 aliphatic heterocycles. The summed E-state index contributed by atoms with van der Waals surface area (Å²) in [7, 11) is 0. The van der Waals surface area contributed by atoms with Gasteiger partial charge >= 0.3 is 0 Å². The van der Waals surface area contributed by atoms with E-state index in [1.165, 1.54) is 11.0 Å². The molecule has 0 saturated heterocycles. The van der Waals surface area contributed by atoms with Crippen molar-refractivity contribution in [3.63, 3.8) is 0 Å². The van der Waals surface area contributed by atoms with E-state index >= 15 is 0 Å². The normalized spacial score (nSPS) is 10.9. The summed E-state index contributed by atoms with van der Waals surface area (Å²) in [5.74, 6) is -1.24. The third kappa shape index (κ3) is 4.28. The number of carbonyl (C=O) groups is 1. The van der Waals surface area contributed by atoms with Crippen LogP contribution in [0.2, 0.25) is 0 Å². The lowest BCUT2D eigenvalue weighted by Crippen LogP contribution is -2.34. The zero-order chi connectivity index (χ0) is 21.1. The minimum atomic E-state index is -0.770. The fourth-order valence-corrected chi connectivity index (χ4v) is 3.93. The highest BCUT2D eigenvalue weighted by Crippen LogP contribution is 2.32. The second-order valence-corrected chi connectivity index (χ2v) is 7.60. The first-order valence-electron chi connectivity index (χ1n) is 9.15. The Kier molecular flexibility index (Phi) is 5.67. The number of hydrogen-bond acceptors (Lipinski definition) is 5. The van der Waals surface area contributed by atoms with Crippen molar-refractivity contribution < 1.29 is 18.3 Å². The first-order chi connectivity index (χ1) is 14.5. The van der Waals surface area contributed by atoms with Crippen molar-refractivity contribution >= 4 is 32.6 Å². The third-order valence-corrected chi connectivity index (χ3v) is 5.45. The van der Waals surface area contributed by atoms with Crippen molar-refractivity contribution in [1.29, 1.82) is 0 Å². The molecule has 2 aromatic carbocycles. The first-order valence-corrected chi connectivity index (χ1v) is 9.97. The number of nitrogens with zero attached hydrogens (tertiary/aromatic N) is 3. The highest BCUT2D eigenvalue weighted by Gasteiger charge is 2.23. The number of amides is 1. The van der Waals surface area contributed by atoms with Crippen LogP contribution >= 0.6 is 11.3 Å². The van der Waals surface area contributed by atoms with Gasteiger partial charge in [0.15, 0.2) is 17.6 Å². The van der Waals surface area contributed by atoms with Crippen LogP contribution in [0, 0.1) is 18.6 Å². The topological polar surface area (TPSA) is 55.3 Å². The Balaban J connectivity index is 1.65. The van der Waals surface area contributed by atoms with Crippen molar-refractivity contribution in [3.05, 3.63) is 83.7 Å². The fourth-order valence-electron chi connectivity index (χ4n) is 2.91. The number of carbonyl (C=O) groups excluding carboxylic acids is 1. The van der Waals surface area contributed by atoms with Crippen molar-refractivity contribution in [2.75, 3.05) is 11.5 Å². The first kappa shape index (κ1) is 19.9. The molecular weight excluding hydrogens is 408 g/mol. The van der Waals surface area contributed by atoms with Crippen molar-refractivity contribution in [1.82, 2.24) is 9.97 Å². The number of anilines is 1. The molecule has 0 aliphatic carbocycles. The van der Waals surface area contributed by atoms with E-state index in [0.29, 0.717) is 16.1 Å². The number of para-hydroxylation sites is 1. The Morgan fingerprint density at radius 2 is 1.93 bits per heavy atom. The molecule has 152 valence electrons. The van der Waals surface area contributed by atoms with E-state index in [1.807, 2.05) is 31.2 Å². The summed E-state index contributed by atoms with van der Waals surface area (Å²) in [5, 5.41) is 0.249. The van der Waals surface area contributed by atoms with Gasteiger partial charge in [-0.1, -0.05) is 35.6 Å². The van der Waals surface area contributed by atoms with E-state index in [-0.39, 0.29) is 29.7 Å². The van der Waals surface area contributed by atoms with Gasteiger partial charge in [0.05, 0.1) is 16.9 Å². The monoisotopic (exact) mass is 425 g/mol. The van der Waals surface area contributed by atoms with Crippen LogP contribution in [0.5, 0.6) is 5.75 Å². The minimum Gasteiger partial charge on any atom is -0.483 e. The Bertz CT molecular complexity index is 1200.